The summed E-state index contributed by atoms with van der Waals surface area (Å²) >= 11 is 0. The number of ether oxygens (including phenoxy) is 1. The van der Waals surface area contributed by atoms with Crippen LogP contribution in [0.3, 0.4) is 0 Å². The van der Waals surface area contributed by atoms with Crippen LogP contribution in [0.5, 0.6) is 5.75 Å². The van der Waals surface area contributed by atoms with E-state index in [0.717, 1.165) is 18.7 Å². The zero-order valence-corrected chi connectivity index (χ0v) is 13.1. The van der Waals surface area contributed by atoms with Gasteiger partial charge in [-0.25, -0.2) is 0 Å². The quantitative estimate of drug-likeness (QED) is 0.929. The number of hydrogen-bond donors (Lipinski definition) is 1. The van der Waals surface area contributed by atoms with Crippen molar-refractivity contribution in [1.82, 2.24) is 5.32 Å². The third-order valence-electron chi connectivity index (χ3n) is 4.69. The Balaban J connectivity index is 1.89. The maximum atomic E-state index is 12.0. The number of anilines is 1. The number of nitrogens with one attached hydrogen (secondary N) is 1. The number of nitrogens with zero attached hydrogens (tertiary/aromatic N) is 1. The van der Waals surface area contributed by atoms with Crippen molar-refractivity contribution < 1.29 is 9.53 Å². The summed E-state index contributed by atoms with van der Waals surface area (Å²) in [6, 6.07) is 8.74. The average molecular weight is 288 g/mol. The standard InChI is InChI=1S/C17H24N2O2/c1-4-21-14-7-5-13(6-8-14)19-11-12-10-17(2,3)15(19)9-16(20)18-12/h5-8,12,15H,4,9-11H2,1-3H3,(H,18,20)/t12-,15+/m0/s1. The van der Waals surface area contributed by atoms with Gasteiger partial charge in [-0.05, 0) is 43.0 Å². The predicted molar refractivity (Wildman–Crippen MR) is 83.7 cm³/mol. The van der Waals surface area contributed by atoms with Crippen LogP contribution in [0.25, 0.3) is 0 Å². The topological polar surface area (TPSA) is 41.6 Å². The van der Waals surface area contributed by atoms with Gasteiger partial charge < -0.3 is 15.0 Å². The van der Waals surface area contributed by atoms with Crippen molar-refractivity contribution in [3.05, 3.63) is 24.3 Å². The van der Waals surface area contributed by atoms with Crippen LogP contribution in [0.2, 0.25) is 0 Å². The molecule has 2 atom stereocenters. The van der Waals surface area contributed by atoms with Gasteiger partial charge in [-0.15, -0.1) is 0 Å². The van der Waals surface area contributed by atoms with Crippen LogP contribution in [0.1, 0.15) is 33.6 Å². The Morgan fingerprint density at radius 1 is 1.33 bits per heavy atom. The van der Waals surface area contributed by atoms with Crippen LogP contribution in [0.15, 0.2) is 24.3 Å². The fraction of sp³-hybridized carbons (Fsp3) is 0.588. The summed E-state index contributed by atoms with van der Waals surface area (Å²) in [6.45, 7) is 8.10. The van der Waals surface area contributed by atoms with Gasteiger partial charge in [0.2, 0.25) is 5.91 Å². The van der Waals surface area contributed by atoms with E-state index in [1.165, 1.54) is 5.69 Å². The van der Waals surface area contributed by atoms with Gasteiger partial charge >= 0.3 is 0 Å². The second-order valence-corrected chi connectivity index (χ2v) is 6.76. The third kappa shape index (κ3) is 2.71. The highest BCUT2D eigenvalue weighted by Crippen LogP contribution is 2.41. The average Bonchev–Trinajstić information content (AvgIpc) is 2.64. The molecular formula is C17H24N2O2. The Morgan fingerprint density at radius 3 is 2.71 bits per heavy atom. The summed E-state index contributed by atoms with van der Waals surface area (Å²) in [4.78, 5) is 14.4. The lowest BCUT2D eigenvalue weighted by Gasteiger charge is -2.48. The van der Waals surface area contributed by atoms with E-state index in [1.54, 1.807) is 0 Å². The smallest absolute Gasteiger partial charge is 0.222 e. The van der Waals surface area contributed by atoms with E-state index < -0.39 is 0 Å². The molecule has 4 rings (SSSR count). The molecule has 114 valence electrons. The molecule has 0 radical (unpaired) electrons. The highest BCUT2D eigenvalue weighted by molar-refractivity contribution is 5.79. The lowest BCUT2D eigenvalue weighted by molar-refractivity contribution is -0.121. The third-order valence-corrected chi connectivity index (χ3v) is 4.69. The molecule has 3 heterocycles. The molecule has 2 bridgehead atoms. The van der Waals surface area contributed by atoms with Crippen LogP contribution < -0.4 is 15.0 Å². The van der Waals surface area contributed by atoms with Gasteiger partial charge in [0.05, 0.1) is 6.61 Å². The van der Waals surface area contributed by atoms with Crippen molar-refractivity contribution in [1.29, 1.82) is 0 Å². The lowest BCUT2D eigenvalue weighted by Crippen LogP contribution is -2.54. The minimum atomic E-state index is 0.140. The normalized spacial score (nSPS) is 27.2. The highest BCUT2D eigenvalue weighted by Gasteiger charge is 2.45. The minimum absolute atomic E-state index is 0.140. The fourth-order valence-corrected chi connectivity index (χ4v) is 3.75. The molecule has 1 amide bonds. The fourth-order valence-electron chi connectivity index (χ4n) is 3.75. The highest BCUT2D eigenvalue weighted by atomic mass is 16.5. The zero-order chi connectivity index (χ0) is 15.0. The largest absolute Gasteiger partial charge is 0.494 e. The van der Waals surface area contributed by atoms with E-state index in [-0.39, 0.29) is 23.4 Å². The number of amides is 1. The summed E-state index contributed by atoms with van der Waals surface area (Å²) in [5.41, 5.74) is 1.32. The molecule has 1 N–H and O–H groups in total. The molecule has 1 aromatic rings. The number of piperidine rings is 1. The van der Waals surface area contributed by atoms with Crippen molar-refractivity contribution in [3.63, 3.8) is 0 Å². The van der Waals surface area contributed by atoms with Crippen molar-refractivity contribution in [2.45, 2.75) is 45.7 Å². The van der Waals surface area contributed by atoms with Gasteiger partial charge in [-0.2, -0.15) is 0 Å². The number of carbonyl (C=O) groups excluding carboxylic acids is 1. The molecule has 4 nitrogen and oxygen atoms in total. The maximum absolute atomic E-state index is 12.0. The number of hydrogen-bond acceptors (Lipinski definition) is 3. The Kier molecular flexibility index (Phi) is 3.56. The summed E-state index contributed by atoms with van der Waals surface area (Å²) in [5, 5.41) is 3.15. The molecule has 3 aliphatic heterocycles. The molecule has 0 saturated carbocycles. The molecule has 0 unspecified atom stereocenters. The Hall–Kier alpha value is -1.71. The van der Waals surface area contributed by atoms with Crippen LogP contribution in [-0.4, -0.2) is 31.1 Å². The molecule has 21 heavy (non-hydrogen) atoms. The molecule has 0 aliphatic carbocycles. The van der Waals surface area contributed by atoms with E-state index in [2.05, 4.69) is 36.2 Å². The van der Waals surface area contributed by atoms with Gasteiger partial charge in [-0.3, -0.25) is 4.79 Å². The van der Waals surface area contributed by atoms with E-state index >= 15 is 0 Å². The molecule has 3 aliphatic rings. The summed E-state index contributed by atoms with van der Waals surface area (Å²) in [6.07, 6.45) is 1.63. The number of carbonyl (C=O) groups is 1. The first-order valence-electron chi connectivity index (χ1n) is 7.78. The van der Waals surface area contributed by atoms with Crippen LogP contribution >= 0.6 is 0 Å². The van der Waals surface area contributed by atoms with Crippen molar-refractivity contribution >= 4 is 11.6 Å². The van der Waals surface area contributed by atoms with Gasteiger partial charge in [0.25, 0.3) is 0 Å². The van der Waals surface area contributed by atoms with Crippen LogP contribution in [0, 0.1) is 5.41 Å². The number of rotatable bonds is 3. The lowest BCUT2D eigenvalue weighted by atomic mass is 9.74. The molecule has 4 heteroatoms. The van der Waals surface area contributed by atoms with Crippen molar-refractivity contribution in [2.75, 3.05) is 18.1 Å². The Morgan fingerprint density at radius 2 is 2.05 bits per heavy atom. The maximum Gasteiger partial charge on any atom is 0.222 e. The molecular weight excluding hydrogens is 264 g/mol. The second-order valence-electron chi connectivity index (χ2n) is 6.76. The van der Waals surface area contributed by atoms with E-state index in [9.17, 15) is 4.79 Å². The minimum Gasteiger partial charge on any atom is -0.494 e. The van der Waals surface area contributed by atoms with Gasteiger partial charge in [0.15, 0.2) is 0 Å². The van der Waals surface area contributed by atoms with E-state index in [0.29, 0.717) is 13.0 Å². The van der Waals surface area contributed by atoms with Crippen molar-refractivity contribution in [2.24, 2.45) is 5.41 Å². The predicted octanol–water partition coefficient (Wildman–Crippen LogP) is 2.58. The summed E-state index contributed by atoms with van der Waals surface area (Å²) in [5.74, 6) is 1.08. The first kappa shape index (κ1) is 14.2. The summed E-state index contributed by atoms with van der Waals surface area (Å²) < 4.78 is 5.51. The zero-order valence-electron chi connectivity index (χ0n) is 13.1. The van der Waals surface area contributed by atoms with Crippen LogP contribution in [-0.2, 0) is 4.79 Å². The monoisotopic (exact) mass is 288 g/mol. The van der Waals surface area contributed by atoms with Crippen LogP contribution in [0.4, 0.5) is 5.69 Å². The second kappa shape index (κ2) is 5.24. The van der Waals surface area contributed by atoms with Gasteiger partial charge in [0.1, 0.15) is 5.75 Å². The van der Waals surface area contributed by atoms with Gasteiger partial charge in [0, 0.05) is 30.7 Å². The summed E-state index contributed by atoms with van der Waals surface area (Å²) in [7, 11) is 0. The number of fused-ring (bicyclic) bond motifs is 4. The van der Waals surface area contributed by atoms with Crippen molar-refractivity contribution in [3.8, 4) is 5.75 Å². The molecule has 3 saturated heterocycles. The van der Waals surface area contributed by atoms with E-state index in [4.69, 9.17) is 4.74 Å². The first-order valence-corrected chi connectivity index (χ1v) is 7.78. The Labute approximate surface area is 126 Å². The van der Waals surface area contributed by atoms with E-state index in [1.807, 2.05) is 19.1 Å². The SMILES string of the molecule is CCOc1ccc(N2C[C@@H]3CC(C)(C)[C@H]2CC(=O)N3)cc1. The number of benzene rings is 1. The molecule has 0 spiro atoms. The van der Waals surface area contributed by atoms with Gasteiger partial charge in [-0.1, -0.05) is 13.8 Å². The molecule has 1 aromatic carbocycles. The molecule has 3 fully saturated rings. The molecule has 0 aromatic heterocycles. The Bertz CT molecular complexity index is 524. The first-order chi connectivity index (χ1) is 9.99.